The van der Waals surface area contributed by atoms with Crippen molar-refractivity contribution in [3.63, 3.8) is 0 Å². The molecular formula is C22H25F2N3O2. The van der Waals surface area contributed by atoms with Crippen LogP contribution < -0.4 is 4.74 Å². The average Bonchev–Trinajstić information content (AvgIpc) is 3.08. The maximum atomic E-state index is 13.7. The van der Waals surface area contributed by atoms with E-state index in [-0.39, 0.29) is 17.2 Å². The summed E-state index contributed by atoms with van der Waals surface area (Å²) >= 11 is 0. The third kappa shape index (κ3) is 3.83. The number of benzene rings is 1. The van der Waals surface area contributed by atoms with Crippen molar-refractivity contribution in [3.8, 4) is 5.75 Å². The second-order valence-corrected chi connectivity index (χ2v) is 7.73. The van der Waals surface area contributed by atoms with Gasteiger partial charge in [0.05, 0.1) is 18.2 Å². The van der Waals surface area contributed by atoms with Gasteiger partial charge in [-0.3, -0.25) is 4.90 Å². The maximum absolute atomic E-state index is 13.7. The molecule has 29 heavy (non-hydrogen) atoms. The minimum atomic E-state index is -2.59. The van der Waals surface area contributed by atoms with E-state index in [9.17, 15) is 8.78 Å². The molecule has 0 unspecified atom stereocenters. The SMILES string of the molecule is COc1c(C)cccc1CN1CCC[C@@H](c2cc(C(F)F)c3c(C)noc3n2)C1. The molecule has 1 aromatic carbocycles. The number of methoxy groups -OCH3 is 1. The Morgan fingerprint density at radius 1 is 1.31 bits per heavy atom. The molecule has 3 heterocycles. The quantitative estimate of drug-likeness (QED) is 0.591. The van der Waals surface area contributed by atoms with Crippen LogP contribution in [-0.2, 0) is 6.54 Å². The van der Waals surface area contributed by atoms with Crippen LogP contribution in [0.2, 0.25) is 0 Å². The number of alkyl halides is 2. The molecule has 0 N–H and O–H groups in total. The van der Waals surface area contributed by atoms with Gasteiger partial charge in [0.1, 0.15) is 5.75 Å². The van der Waals surface area contributed by atoms with Crippen molar-refractivity contribution in [1.82, 2.24) is 15.0 Å². The molecule has 5 nitrogen and oxygen atoms in total. The highest BCUT2D eigenvalue weighted by atomic mass is 19.3. The summed E-state index contributed by atoms with van der Waals surface area (Å²) in [4.78, 5) is 6.88. The number of pyridine rings is 1. The van der Waals surface area contributed by atoms with Crippen LogP contribution in [0.25, 0.3) is 11.1 Å². The third-order valence-electron chi connectivity index (χ3n) is 5.72. The average molecular weight is 401 g/mol. The van der Waals surface area contributed by atoms with Gasteiger partial charge in [-0.05, 0) is 44.9 Å². The number of likely N-dealkylation sites (tertiary alicyclic amines) is 1. The first-order valence-corrected chi connectivity index (χ1v) is 9.87. The molecule has 0 spiro atoms. The van der Waals surface area contributed by atoms with Crippen LogP contribution >= 0.6 is 0 Å². The number of hydrogen-bond donors (Lipinski definition) is 0. The zero-order valence-electron chi connectivity index (χ0n) is 16.9. The van der Waals surface area contributed by atoms with Crippen molar-refractivity contribution in [2.75, 3.05) is 20.2 Å². The van der Waals surface area contributed by atoms with E-state index in [0.29, 0.717) is 16.8 Å². The molecule has 0 saturated carbocycles. The molecule has 3 aromatic rings. The highest BCUT2D eigenvalue weighted by Gasteiger charge is 2.27. The summed E-state index contributed by atoms with van der Waals surface area (Å²) in [6.07, 6.45) is -0.693. The van der Waals surface area contributed by atoms with Crippen LogP contribution in [0, 0.1) is 13.8 Å². The molecule has 0 aliphatic carbocycles. The lowest BCUT2D eigenvalue weighted by atomic mass is 9.92. The van der Waals surface area contributed by atoms with Crippen LogP contribution in [0.15, 0.2) is 28.8 Å². The number of rotatable bonds is 5. The fraction of sp³-hybridized carbons (Fsp3) is 0.455. The fourth-order valence-corrected chi connectivity index (χ4v) is 4.34. The standard InChI is InChI=1S/C22H25F2N3O2/c1-13-6-4-7-16(20(13)28-3)12-27-9-5-8-15(11-27)18-10-17(21(23)24)19-14(2)26-29-22(19)25-18/h4,6-7,10,15,21H,5,8-9,11-12H2,1-3H3/t15-/m1/s1. The number of ether oxygens (including phenoxy) is 1. The van der Waals surface area contributed by atoms with Crippen LogP contribution in [0.4, 0.5) is 8.78 Å². The molecule has 1 saturated heterocycles. The summed E-state index contributed by atoms with van der Waals surface area (Å²) in [5.74, 6) is 0.984. The normalized spacial score (nSPS) is 17.9. The van der Waals surface area contributed by atoms with Gasteiger partial charge in [-0.2, -0.15) is 0 Å². The van der Waals surface area contributed by atoms with Gasteiger partial charge in [0.15, 0.2) is 0 Å². The summed E-state index contributed by atoms with van der Waals surface area (Å²) < 4.78 is 38.1. The Bertz CT molecular complexity index is 1020. The predicted molar refractivity (Wildman–Crippen MR) is 106 cm³/mol. The molecule has 2 aromatic heterocycles. The minimum absolute atomic E-state index is 0.0405. The van der Waals surface area contributed by atoms with Gasteiger partial charge in [-0.15, -0.1) is 0 Å². The van der Waals surface area contributed by atoms with Crippen molar-refractivity contribution in [3.05, 3.63) is 52.3 Å². The number of halogens is 2. The number of aromatic nitrogens is 2. The smallest absolute Gasteiger partial charge is 0.264 e. The molecule has 0 amide bonds. The van der Waals surface area contributed by atoms with E-state index < -0.39 is 6.43 Å². The molecule has 0 bridgehead atoms. The lowest BCUT2D eigenvalue weighted by Gasteiger charge is -2.33. The van der Waals surface area contributed by atoms with Gasteiger partial charge < -0.3 is 9.26 Å². The first kappa shape index (κ1) is 19.8. The molecule has 4 rings (SSSR count). The maximum Gasteiger partial charge on any atom is 0.264 e. The second kappa shape index (κ2) is 8.06. The predicted octanol–water partition coefficient (Wildman–Crippen LogP) is 5.17. The first-order chi connectivity index (χ1) is 14.0. The van der Waals surface area contributed by atoms with E-state index in [1.54, 1.807) is 20.1 Å². The van der Waals surface area contributed by atoms with Gasteiger partial charge in [0, 0.05) is 35.8 Å². The number of aryl methyl sites for hydroxylation is 2. The minimum Gasteiger partial charge on any atom is -0.496 e. The molecular weight excluding hydrogens is 376 g/mol. The largest absolute Gasteiger partial charge is 0.496 e. The Kier molecular flexibility index (Phi) is 5.50. The molecule has 1 atom stereocenters. The molecule has 7 heteroatoms. The highest BCUT2D eigenvalue weighted by Crippen LogP contribution is 2.35. The van der Waals surface area contributed by atoms with Crippen molar-refractivity contribution in [1.29, 1.82) is 0 Å². The zero-order valence-corrected chi connectivity index (χ0v) is 16.9. The van der Waals surface area contributed by atoms with Crippen molar-refractivity contribution >= 4 is 11.1 Å². The van der Waals surface area contributed by atoms with E-state index in [0.717, 1.165) is 49.4 Å². The number of nitrogens with zero attached hydrogens (tertiary/aromatic N) is 3. The second-order valence-electron chi connectivity index (χ2n) is 7.73. The summed E-state index contributed by atoms with van der Waals surface area (Å²) in [6, 6.07) is 7.68. The topological polar surface area (TPSA) is 51.4 Å². The Morgan fingerprint density at radius 2 is 2.14 bits per heavy atom. The van der Waals surface area contributed by atoms with Gasteiger partial charge in [-0.25, -0.2) is 13.8 Å². The van der Waals surface area contributed by atoms with E-state index in [4.69, 9.17) is 9.26 Å². The zero-order chi connectivity index (χ0) is 20.5. The first-order valence-electron chi connectivity index (χ1n) is 9.87. The van der Waals surface area contributed by atoms with Crippen molar-refractivity contribution < 1.29 is 18.0 Å². The van der Waals surface area contributed by atoms with Crippen LogP contribution in [0.5, 0.6) is 5.75 Å². The number of fused-ring (bicyclic) bond motifs is 1. The van der Waals surface area contributed by atoms with Crippen LogP contribution in [0.1, 0.15) is 53.3 Å². The number of hydrogen-bond acceptors (Lipinski definition) is 5. The molecule has 1 fully saturated rings. The van der Waals surface area contributed by atoms with Gasteiger partial charge in [0.2, 0.25) is 0 Å². The number of para-hydroxylation sites is 1. The van der Waals surface area contributed by atoms with Crippen LogP contribution in [-0.4, -0.2) is 35.2 Å². The Balaban J connectivity index is 1.60. The van der Waals surface area contributed by atoms with Crippen molar-refractivity contribution in [2.24, 2.45) is 0 Å². The lowest BCUT2D eigenvalue weighted by Crippen LogP contribution is -2.34. The lowest BCUT2D eigenvalue weighted by molar-refractivity contribution is 0.152. The van der Waals surface area contributed by atoms with E-state index in [1.807, 2.05) is 19.1 Å². The van der Waals surface area contributed by atoms with E-state index in [2.05, 4.69) is 21.1 Å². The molecule has 1 aliphatic heterocycles. The van der Waals surface area contributed by atoms with Gasteiger partial charge in [0.25, 0.3) is 12.1 Å². The number of piperidine rings is 1. The Morgan fingerprint density at radius 3 is 2.90 bits per heavy atom. The monoisotopic (exact) mass is 401 g/mol. The Hall–Kier alpha value is -2.54. The third-order valence-corrected chi connectivity index (χ3v) is 5.72. The van der Waals surface area contributed by atoms with Crippen molar-refractivity contribution in [2.45, 2.75) is 45.6 Å². The van der Waals surface area contributed by atoms with Gasteiger partial charge in [-0.1, -0.05) is 23.4 Å². The molecule has 1 aliphatic rings. The van der Waals surface area contributed by atoms with Crippen LogP contribution in [0.3, 0.4) is 0 Å². The molecule has 0 radical (unpaired) electrons. The van der Waals surface area contributed by atoms with E-state index in [1.165, 1.54) is 0 Å². The molecule has 154 valence electrons. The summed E-state index contributed by atoms with van der Waals surface area (Å²) in [5, 5.41) is 4.16. The summed E-state index contributed by atoms with van der Waals surface area (Å²) in [7, 11) is 1.69. The van der Waals surface area contributed by atoms with E-state index >= 15 is 0 Å². The summed E-state index contributed by atoms with van der Waals surface area (Å²) in [6.45, 7) is 6.17. The fourth-order valence-electron chi connectivity index (χ4n) is 4.34. The van der Waals surface area contributed by atoms with Gasteiger partial charge >= 0.3 is 0 Å². The summed E-state index contributed by atoms with van der Waals surface area (Å²) in [5.41, 5.74) is 3.51. The highest BCUT2D eigenvalue weighted by molar-refractivity contribution is 5.80. The Labute approximate surface area is 168 Å².